The van der Waals surface area contributed by atoms with E-state index in [-0.39, 0.29) is 11.9 Å². The minimum Gasteiger partial charge on any atom is -0.439 e. The van der Waals surface area contributed by atoms with Gasteiger partial charge < -0.3 is 15.0 Å². The Labute approximate surface area is 217 Å². The van der Waals surface area contributed by atoms with Gasteiger partial charge in [-0.15, -0.1) is 0 Å². The molecule has 1 aliphatic rings. The average molecular weight is 515 g/mol. The summed E-state index contributed by atoms with van der Waals surface area (Å²) in [5.41, 5.74) is 1.76. The summed E-state index contributed by atoms with van der Waals surface area (Å²) in [6, 6.07) is 14.8. The highest BCUT2D eigenvalue weighted by Gasteiger charge is 2.29. The first-order valence-corrected chi connectivity index (χ1v) is 13.1. The summed E-state index contributed by atoms with van der Waals surface area (Å²) in [7, 11) is 0. The Morgan fingerprint density at radius 3 is 2.40 bits per heavy atom. The van der Waals surface area contributed by atoms with Gasteiger partial charge in [0.1, 0.15) is 5.75 Å². The average Bonchev–Trinajstić information content (AvgIpc) is 3.02. The normalized spacial score (nSPS) is 15.0. The van der Waals surface area contributed by atoms with Gasteiger partial charge in [-0.1, -0.05) is 55.1 Å². The summed E-state index contributed by atoms with van der Waals surface area (Å²) in [4.78, 5) is 15.7. The van der Waals surface area contributed by atoms with Crippen molar-refractivity contribution in [1.29, 1.82) is 0 Å². The van der Waals surface area contributed by atoms with Crippen LogP contribution in [0.25, 0.3) is 5.69 Å². The zero-order valence-electron chi connectivity index (χ0n) is 20.3. The van der Waals surface area contributed by atoms with E-state index < -0.39 is 0 Å². The summed E-state index contributed by atoms with van der Waals surface area (Å²) >= 11 is 12.7. The van der Waals surface area contributed by atoms with Gasteiger partial charge in [-0.2, -0.15) is 9.78 Å². The fourth-order valence-electron chi connectivity index (χ4n) is 4.12. The molecular weight excluding hydrogens is 483 g/mol. The number of hydrogen-bond donors (Lipinski definition) is 1. The maximum absolute atomic E-state index is 13.8. The van der Waals surface area contributed by atoms with Crippen molar-refractivity contribution >= 4 is 29.1 Å². The zero-order valence-corrected chi connectivity index (χ0v) is 21.8. The van der Waals surface area contributed by atoms with E-state index in [9.17, 15) is 4.79 Å². The van der Waals surface area contributed by atoms with Gasteiger partial charge in [0, 0.05) is 30.7 Å². The van der Waals surface area contributed by atoms with Gasteiger partial charge in [-0.3, -0.25) is 4.79 Å². The number of benzene rings is 2. The lowest BCUT2D eigenvalue weighted by molar-refractivity contribution is 0.0754. The van der Waals surface area contributed by atoms with Crippen molar-refractivity contribution in [1.82, 2.24) is 20.0 Å². The van der Waals surface area contributed by atoms with Crippen molar-refractivity contribution in [3.05, 3.63) is 69.8 Å². The van der Waals surface area contributed by atoms with Crippen LogP contribution in [-0.2, 0) is 6.54 Å². The van der Waals surface area contributed by atoms with Gasteiger partial charge in [0.25, 0.3) is 5.91 Å². The Morgan fingerprint density at radius 2 is 1.74 bits per heavy atom. The lowest BCUT2D eigenvalue weighted by atomic mass is 10.1. The standard InChI is InChI=1S/C27H32Cl2N4O2/c1-3-19(2)30-18-22-25(26(34)32-16-8-4-5-9-17-32)31-33(24-11-7-6-10-23(24)29)27(22)35-21-14-12-20(28)13-15-21/h6-7,10-15,19,30H,3-5,8-9,16-18H2,1-2H3. The predicted molar refractivity (Wildman–Crippen MR) is 141 cm³/mol. The molecule has 1 aliphatic heterocycles. The topological polar surface area (TPSA) is 59.4 Å². The monoisotopic (exact) mass is 514 g/mol. The number of likely N-dealkylation sites (tertiary alicyclic amines) is 1. The van der Waals surface area contributed by atoms with Crippen molar-refractivity contribution in [3.8, 4) is 17.3 Å². The highest BCUT2D eigenvalue weighted by molar-refractivity contribution is 6.32. The molecule has 0 aliphatic carbocycles. The lowest BCUT2D eigenvalue weighted by Crippen LogP contribution is -2.33. The minimum atomic E-state index is -0.0698. The molecule has 186 valence electrons. The zero-order chi connectivity index (χ0) is 24.8. The molecule has 1 fully saturated rings. The molecule has 1 unspecified atom stereocenters. The first-order valence-electron chi connectivity index (χ1n) is 12.3. The summed E-state index contributed by atoms with van der Waals surface area (Å²) in [5, 5.41) is 9.47. The summed E-state index contributed by atoms with van der Waals surface area (Å²) < 4.78 is 8.03. The molecule has 1 N–H and O–H groups in total. The molecule has 6 nitrogen and oxygen atoms in total. The van der Waals surface area contributed by atoms with Crippen LogP contribution in [0.1, 0.15) is 62.0 Å². The van der Waals surface area contributed by atoms with E-state index in [2.05, 4.69) is 19.2 Å². The number of amides is 1. The molecule has 0 spiro atoms. The maximum Gasteiger partial charge on any atom is 0.274 e. The van der Waals surface area contributed by atoms with Crippen LogP contribution < -0.4 is 10.1 Å². The molecule has 2 aromatic carbocycles. The Kier molecular flexibility index (Phi) is 8.71. The molecular formula is C27H32Cl2N4O2. The second-order valence-corrected chi connectivity index (χ2v) is 9.79. The quantitative estimate of drug-likeness (QED) is 0.356. The van der Waals surface area contributed by atoms with Gasteiger partial charge in [0.2, 0.25) is 5.88 Å². The second-order valence-electron chi connectivity index (χ2n) is 8.95. The number of nitrogens with zero attached hydrogens (tertiary/aromatic N) is 3. The number of carbonyl (C=O) groups excluding carboxylic acids is 1. The number of carbonyl (C=O) groups is 1. The fourth-order valence-corrected chi connectivity index (χ4v) is 4.46. The number of ether oxygens (including phenoxy) is 1. The van der Waals surface area contributed by atoms with Gasteiger partial charge in [0.15, 0.2) is 5.69 Å². The van der Waals surface area contributed by atoms with Crippen LogP contribution in [0.4, 0.5) is 0 Å². The van der Waals surface area contributed by atoms with Crippen LogP contribution in [0.15, 0.2) is 48.5 Å². The van der Waals surface area contributed by atoms with Crippen molar-refractivity contribution < 1.29 is 9.53 Å². The molecule has 2 heterocycles. The molecule has 1 aromatic heterocycles. The third kappa shape index (κ3) is 6.18. The molecule has 8 heteroatoms. The van der Waals surface area contributed by atoms with E-state index in [1.807, 2.05) is 23.1 Å². The highest BCUT2D eigenvalue weighted by Crippen LogP contribution is 2.34. The molecule has 0 radical (unpaired) electrons. The van der Waals surface area contributed by atoms with Gasteiger partial charge >= 0.3 is 0 Å². The number of para-hydroxylation sites is 1. The third-order valence-corrected chi connectivity index (χ3v) is 6.95. The number of nitrogens with one attached hydrogen (secondary N) is 1. The van der Waals surface area contributed by atoms with Crippen LogP contribution in [0.2, 0.25) is 10.0 Å². The van der Waals surface area contributed by atoms with Crippen LogP contribution in [-0.4, -0.2) is 39.7 Å². The van der Waals surface area contributed by atoms with E-state index in [4.69, 9.17) is 33.0 Å². The Hall–Kier alpha value is -2.54. The third-order valence-electron chi connectivity index (χ3n) is 6.38. The van der Waals surface area contributed by atoms with E-state index in [1.165, 1.54) is 0 Å². The van der Waals surface area contributed by atoms with Crippen LogP contribution in [0.5, 0.6) is 11.6 Å². The van der Waals surface area contributed by atoms with Crippen molar-refractivity contribution in [2.75, 3.05) is 13.1 Å². The van der Waals surface area contributed by atoms with Gasteiger partial charge in [0.05, 0.1) is 16.3 Å². The Morgan fingerprint density at radius 1 is 1.06 bits per heavy atom. The smallest absolute Gasteiger partial charge is 0.274 e. The predicted octanol–water partition coefficient (Wildman–Crippen LogP) is 6.88. The molecule has 1 atom stereocenters. The van der Waals surface area contributed by atoms with E-state index >= 15 is 0 Å². The van der Waals surface area contributed by atoms with Crippen LogP contribution >= 0.6 is 23.2 Å². The molecule has 0 saturated carbocycles. The summed E-state index contributed by atoms with van der Waals surface area (Å²) in [6.45, 7) is 6.16. The van der Waals surface area contributed by atoms with Crippen molar-refractivity contribution in [3.63, 3.8) is 0 Å². The SMILES string of the molecule is CCC(C)NCc1c(C(=O)N2CCCCCC2)nn(-c2ccccc2Cl)c1Oc1ccc(Cl)cc1. The molecule has 4 rings (SSSR count). The first kappa shape index (κ1) is 25.5. The number of aromatic nitrogens is 2. The minimum absolute atomic E-state index is 0.0698. The number of hydrogen-bond acceptors (Lipinski definition) is 4. The molecule has 35 heavy (non-hydrogen) atoms. The fraction of sp³-hybridized carbons (Fsp3) is 0.407. The number of halogens is 2. The Bertz CT molecular complexity index is 1140. The van der Waals surface area contributed by atoms with E-state index in [0.717, 1.165) is 50.8 Å². The molecule has 1 amide bonds. The Balaban J connectivity index is 1.84. The largest absolute Gasteiger partial charge is 0.439 e. The summed E-state index contributed by atoms with van der Waals surface area (Å²) in [6.07, 6.45) is 5.26. The van der Waals surface area contributed by atoms with Crippen molar-refractivity contribution in [2.45, 2.75) is 58.5 Å². The van der Waals surface area contributed by atoms with E-state index in [1.54, 1.807) is 35.0 Å². The maximum atomic E-state index is 13.8. The van der Waals surface area contributed by atoms with Gasteiger partial charge in [-0.25, -0.2) is 0 Å². The molecule has 0 bridgehead atoms. The van der Waals surface area contributed by atoms with Crippen LogP contribution in [0.3, 0.4) is 0 Å². The molecule has 1 saturated heterocycles. The number of rotatable bonds is 8. The molecule has 3 aromatic rings. The van der Waals surface area contributed by atoms with Crippen LogP contribution in [0, 0.1) is 0 Å². The first-order chi connectivity index (χ1) is 17.0. The van der Waals surface area contributed by atoms with Gasteiger partial charge in [-0.05, 0) is 62.6 Å². The lowest BCUT2D eigenvalue weighted by Gasteiger charge is -2.20. The summed E-state index contributed by atoms with van der Waals surface area (Å²) in [5.74, 6) is 0.996. The van der Waals surface area contributed by atoms with Crippen molar-refractivity contribution in [2.24, 2.45) is 0 Å². The van der Waals surface area contributed by atoms with E-state index in [0.29, 0.717) is 39.6 Å². The second kappa shape index (κ2) is 11.9. The highest BCUT2D eigenvalue weighted by atomic mass is 35.5.